The Morgan fingerprint density at radius 2 is 2.11 bits per heavy atom. The van der Waals surface area contributed by atoms with Crippen molar-refractivity contribution in [3.8, 4) is 0 Å². The van der Waals surface area contributed by atoms with Gasteiger partial charge in [0, 0.05) is 18.0 Å². The number of rotatable bonds is 6. The molecule has 1 N–H and O–H groups in total. The van der Waals surface area contributed by atoms with Gasteiger partial charge in [-0.3, -0.25) is 4.79 Å². The highest BCUT2D eigenvalue weighted by atomic mass is 16.5. The number of carbonyl (C=O) groups excluding carboxylic acids is 2. The molecule has 2 saturated carbocycles. The normalized spacial score (nSPS) is 29.0. The SMILES string of the molecule is C=CC(=O)OCCCNC(=O)C12CCC(CC1)C2. The number of amides is 1. The van der Waals surface area contributed by atoms with E-state index in [2.05, 4.69) is 11.9 Å². The number of fused-ring (bicyclic) bond motifs is 2. The first-order valence-corrected chi connectivity index (χ1v) is 6.74. The Morgan fingerprint density at radius 3 is 2.67 bits per heavy atom. The molecule has 2 aliphatic rings. The molecular formula is C14H21NO3. The minimum absolute atomic E-state index is 0.0670. The quantitative estimate of drug-likeness (QED) is 0.445. The number of hydrogen-bond donors (Lipinski definition) is 1. The van der Waals surface area contributed by atoms with Crippen LogP contribution in [0.5, 0.6) is 0 Å². The third-order valence-electron chi connectivity index (χ3n) is 4.24. The fourth-order valence-corrected chi connectivity index (χ4v) is 3.20. The van der Waals surface area contributed by atoms with Crippen LogP contribution in [0.25, 0.3) is 0 Å². The third-order valence-corrected chi connectivity index (χ3v) is 4.24. The summed E-state index contributed by atoms with van der Waals surface area (Å²) >= 11 is 0. The molecule has 2 bridgehead atoms. The van der Waals surface area contributed by atoms with Crippen molar-refractivity contribution in [3.63, 3.8) is 0 Å². The van der Waals surface area contributed by atoms with Gasteiger partial charge in [0.2, 0.25) is 5.91 Å². The molecule has 100 valence electrons. The van der Waals surface area contributed by atoms with Crippen LogP contribution < -0.4 is 5.32 Å². The van der Waals surface area contributed by atoms with Crippen LogP contribution >= 0.6 is 0 Å². The molecule has 0 saturated heterocycles. The maximum atomic E-state index is 12.1. The molecular weight excluding hydrogens is 230 g/mol. The zero-order valence-electron chi connectivity index (χ0n) is 10.7. The Labute approximate surface area is 108 Å². The van der Waals surface area contributed by atoms with E-state index in [-0.39, 0.29) is 11.3 Å². The molecule has 2 aliphatic carbocycles. The van der Waals surface area contributed by atoms with E-state index in [1.165, 1.54) is 12.8 Å². The molecule has 0 spiro atoms. The van der Waals surface area contributed by atoms with E-state index in [4.69, 9.17) is 4.74 Å². The Morgan fingerprint density at radius 1 is 1.39 bits per heavy atom. The molecule has 0 heterocycles. The second-order valence-electron chi connectivity index (χ2n) is 5.41. The largest absolute Gasteiger partial charge is 0.462 e. The molecule has 0 aromatic carbocycles. The van der Waals surface area contributed by atoms with Gasteiger partial charge in [-0.15, -0.1) is 0 Å². The monoisotopic (exact) mass is 251 g/mol. The first-order chi connectivity index (χ1) is 8.66. The summed E-state index contributed by atoms with van der Waals surface area (Å²) < 4.78 is 4.85. The molecule has 0 aliphatic heterocycles. The summed E-state index contributed by atoms with van der Waals surface area (Å²) in [5.74, 6) is 0.580. The molecule has 2 rings (SSSR count). The molecule has 18 heavy (non-hydrogen) atoms. The lowest BCUT2D eigenvalue weighted by atomic mass is 9.83. The van der Waals surface area contributed by atoms with Crippen LogP contribution in [0.2, 0.25) is 0 Å². The van der Waals surface area contributed by atoms with Gasteiger partial charge < -0.3 is 10.1 Å². The van der Waals surface area contributed by atoms with Gasteiger partial charge in [0.25, 0.3) is 0 Å². The first-order valence-electron chi connectivity index (χ1n) is 6.74. The minimum Gasteiger partial charge on any atom is -0.462 e. The number of carbonyl (C=O) groups is 2. The number of esters is 1. The second-order valence-corrected chi connectivity index (χ2v) is 5.41. The van der Waals surface area contributed by atoms with Crippen LogP contribution in [0.1, 0.15) is 38.5 Å². The van der Waals surface area contributed by atoms with Crippen molar-refractivity contribution < 1.29 is 14.3 Å². The topological polar surface area (TPSA) is 55.4 Å². The number of ether oxygens (including phenoxy) is 1. The van der Waals surface area contributed by atoms with E-state index < -0.39 is 5.97 Å². The van der Waals surface area contributed by atoms with E-state index >= 15 is 0 Å². The Hall–Kier alpha value is -1.32. The zero-order valence-corrected chi connectivity index (χ0v) is 10.7. The van der Waals surface area contributed by atoms with Crippen LogP contribution in [-0.2, 0) is 14.3 Å². The smallest absolute Gasteiger partial charge is 0.330 e. The fourth-order valence-electron chi connectivity index (χ4n) is 3.20. The fraction of sp³-hybridized carbons (Fsp3) is 0.714. The molecule has 0 aromatic heterocycles. The average molecular weight is 251 g/mol. The summed E-state index contributed by atoms with van der Waals surface area (Å²) in [5, 5.41) is 2.98. The van der Waals surface area contributed by atoms with Crippen molar-refractivity contribution in [3.05, 3.63) is 12.7 Å². The summed E-state index contributed by atoms with van der Waals surface area (Å²) in [6.07, 6.45) is 7.41. The van der Waals surface area contributed by atoms with Gasteiger partial charge in [0.1, 0.15) is 0 Å². The van der Waals surface area contributed by atoms with E-state index in [9.17, 15) is 9.59 Å². The maximum absolute atomic E-state index is 12.1. The molecule has 4 nitrogen and oxygen atoms in total. The van der Waals surface area contributed by atoms with Gasteiger partial charge in [-0.05, 0) is 44.4 Å². The van der Waals surface area contributed by atoms with Crippen LogP contribution in [0, 0.1) is 11.3 Å². The molecule has 1 amide bonds. The van der Waals surface area contributed by atoms with Crippen molar-refractivity contribution in [2.75, 3.05) is 13.2 Å². The van der Waals surface area contributed by atoms with Gasteiger partial charge >= 0.3 is 5.97 Å². The summed E-state index contributed by atoms with van der Waals surface area (Å²) in [5.41, 5.74) is -0.0670. The van der Waals surface area contributed by atoms with E-state index in [1.807, 2.05) is 0 Å². The van der Waals surface area contributed by atoms with Crippen LogP contribution in [0.3, 0.4) is 0 Å². The van der Waals surface area contributed by atoms with Gasteiger partial charge in [-0.25, -0.2) is 4.79 Å². The van der Waals surface area contributed by atoms with Crippen LogP contribution in [-0.4, -0.2) is 25.0 Å². The van der Waals surface area contributed by atoms with Gasteiger partial charge in [-0.2, -0.15) is 0 Å². The molecule has 2 fully saturated rings. The van der Waals surface area contributed by atoms with E-state index in [0.29, 0.717) is 19.6 Å². The summed E-state index contributed by atoms with van der Waals surface area (Å²) in [6.45, 7) is 4.23. The lowest BCUT2D eigenvalue weighted by Crippen LogP contribution is -2.38. The van der Waals surface area contributed by atoms with Gasteiger partial charge in [0.05, 0.1) is 6.61 Å². The van der Waals surface area contributed by atoms with E-state index in [0.717, 1.165) is 31.3 Å². The number of nitrogens with one attached hydrogen (secondary N) is 1. The summed E-state index contributed by atoms with van der Waals surface area (Å²) in [4.78, 5) is 22.9. The highest BCUT2D eigenvalue weighted by molar-refractivity contribution is 5.83. The standard InChI is InChI=1S/C14H21NO3/c1-2-12(16)18-9-3-8-15-13(17)14-6-4-11(10-14)5-7-14/h2,11H,1,3-10H2,(H,15,17). The highest BCUT2D eigenvalue weighted by Crippen LogP contribution is 2.54. The zero-order chi connectivity index (χ0) is 13.0. The Bertz CT molecular complexity index is 343. The van der Waals surface area contributed by atoms with Crippen LogP contribution in [0.15, 0.2) is 12.7 Å². The van der Waals surface area contributed by atoms with Crippen molar-refractivity contribution in [1.29, 1.82) is 0 Å². The van der Waals surface area contributed by atoms with Crippen LogP contribution in [0.4, 0.5) is 0 Å². The summed E-state index contributed by atoms with van der Waals surface area (Å²) in [6, 6.07) is 0. The van der Waals surface area contributed by atoms with Gasteiger partial charge in [-0.1, -0.05) is 6.58 Å². The first kappa shape index (κ1) is 13.1. The lowest BCUT2D eigenvalue weighted by Gasteiger charge is -2.25. The van der Waals surface area contributed by atoms with Crippen molar-refractivity contribution in [2.24, 2.45) is 11.3 Å². The van der Waals surface area contributed by atoms with Crippen molar-refractivity contribution >= 4 is 11.9 Å². The minimum atomic E-state index is -0.408. The maximum Gasteiger partial charge on any atom is 0.330 e. The van der Waals surface area contributed by atoms with Gasteiger partial charge in [0.15, 0.2) is 0 Å². The Kier molecular flexibility index (Phi) is 4.04. The predicted molar refractivity (Wildman–Crippen MR) is 67.8 cm³/mol. The molecule has 0 aromatic rings. The van der Waals surface area contributed by atoms with Crippen molar-refractivity contribution in [1.82, 2.24) is 5.32 Å². The van der Waals surface area contributed by atoms with E-state index in [1.54, 1.807) is 0 Å². The lowest BCUT2D eigenvalue weighted by molar-refractivity contribution is -0.137. The number of hydrogen-bond acceptors (Lipinski definition) is 3. The van der Waals surface area contributed by atoms with Crippen molar-refractivity contribution in [2.45, 2.75) is 38.5 Å². The molecule has 0 radical (unpaired) electrons. The average Bonchev–Trinajstić information content (AvgIpc) is 2.99. The molecule has 4 heteroatoms. The second kappa shape index (κ2) is 5.55. The predicted octanol–water partition coefficient (Wildman–Crippen LogP) is 1.80. The molecule has 0 atom stereocenters. The third kappa shape index (κ3) is 2.74. The summed E-state index contributed by atoms with van der Waals surface area (Å²) in [7, 11) is 0. The molecule has 0 unspecified atom stereocenters. The Balaban J connectivity index is 1.63. The highest BCUT2D eigenvalue weighted by Gasteiger charge is 2.49.